The Morgan fingerprint density at radius 1 is 1.08 bits per heavy atom. The minimum absolute atomic E-state index is 0.0156. The summed E-state index contributed by atoms with van der Waals surface area (Å²) in [5.41, 5.74) is 1.95. The van der Waals surface area contributed by atoms with E-state index in [1.807, 2.05) is 47.9 Å². The number of nitrogens with zero attached hydrogens (tertiary/aromatic N) is 2. The number of likely N-dealkylation sites (tertiary alicyclic amines) is 1. The fourth-order valence-electron chi connectivity index (χ4n) is 3.83. The number of thioether (sulfide) groups is 1. The van der Waals surface area contributed by atoms with Crippen molar-refractivity contribution in [2.75, 3.05) is 25.4 Å². The van der Waals surface area contributed by atoms with Crippen LogP contribution in [0.1, 0.15) is 56.0 Å². The molecule has 2 fully saturated rings. The summed E-state index contributed by atoms with van der Waals surface area (Å²) < 4.78 is 0. The molecule has 2 heterocycles. The summed E-state index contributed by atoms with van der Waals surface area (Å²) in [4.78, 5) is 29.5. The van der Waals surface area contributed by atoms with Crippen LogP contribution in [-0.4, -0.2) is 51.9 Å². The van der Waals surface area contributed by atoms with E-state index in [9.17, 15) is 9.59 Å². The van der Waals surface area contributed by atoms with Crippen LogP contribution in [0.4, 0.5) is 0 Å². The molecule has 0 saturated carbocycles. The van der Waals surface area contributed by atoms with Crippen molar-refractivity contribution in [1.29, 1.82) is 0 Å². The van der Waals surface area contributed by atoms with Gasteiger partial charge in [-0.3, -0.25) is 9.59 Å². The van der Waals surface area contributed by atoms with Crippen molar-refractivity contribution >= 4 is 23.6 Å². The number of amides is 2. The van der Waals surface area contributed by atoms with E-state index in [0.717, 1.165) is 49.4 Å². The van der Waals surface area contributed by atoms with E-state index in [-0.39, 0.29) is 22.1 Å². The Hall–Kier alpha value is -1.49. The highest BCUT2D eigenvalue weighted by molar-refractivity contribution is 8.00. The van der Waals surface area contributed by atoms with Crippen molar-refractivity contribution in [2.24, 2.45) is 5.41 Å². The Morgan fingerprint density at radius 2 is 1.69 bits per heavy atom. The van der Waals surface area contributed by atoms with Gasteiger partial charge in [-0.2, -0.15) is 0 Å². The Bertz CT molecular complexity index is 670. The highest BCUT2D eigenvalue weighted by atomic mass is 32.2. The van der Waals surface area contributed by atoms with Gasteiger partial charge in [0.25, 0.3) is 5.91 Å². The van der Waals surface area contributed by atoms with Crippen LogP contribution in [0, 0.1) is 12.3 Å². The fourth-order valence-corrected chi connectivity index (χ4v) is 5.29. The van der Waals surface area contributed by atoms with E-state index < -0.39 is 0 Å². The average Bonchev–Trinajstić information content (AvgIpc) is 2.97. The molecule has 1 aromatic rings. The molecule has 0 aromatic heterocycles. The van der Waals surface area contributed by atoms with Gasteiger partial charge >= 0.3 is 0 Å². The topological polar surface area (TPSA) is 40.6 Å². The van der Waals surface area contributed by atoms with Gasteiger partial charge in [0.05, 0.1) is 4.87 Å². The Balaban J connectivity index is 1.68. The quantitative estimate of drug-likeness (QED) is 0.787. The average molecular weight is 375 g/mol. The van der Waals surface area contributed by atoms with E-state index in [1.165, 1.54) is 0 Å². The summed E-state index contributed by atoms with van der Waals surface area (Å²) >= 11 is 1.89. The molecule has 0 atom stereocenters. The molecule has 2 aliphatic heterocycles. The lowest BCUT2D eigenvalue weighted by molar-refractivity contribution is -0.134. The number of piperidine rings is 1. The second-order valence-electron chi connectivity index (χ2n) is 8.74. The molecule has 3 rings (SSSR count). The van der Waals surface area contributed by atoms with Crippen LogP contribution in [0.25, 0.3) is 0 Å². The van der Waals surface area contributed by atoms with Gasteiger partial charge in [-0.1, -0.05) is 38.5 Å². The molecule has 0 radical (unpaired) electrons. The Kier molecular flexibility index (Phi) is 5.38. The monoisotopic (exact) mass is 374 g/mol. The van der Waals surface area contributed by atoms with Gasteiger partial charge in [-0.15, -0.1) is 11.8 Å². The number of aryl methyl sites for hydroxylation is 1. The lowest BCUT2D eigenvalue weighted by Gasteiger charge is -2.44. The van der Waals surface area contributed by atoms with Crippen LogP contribution in [-0.2, 0) is 4.79 Å². The van der Waals surface area contributed by atoms with Crippen LogP contribution in [0.2, 0.25) is 0 Å². The third-order valence-electron chi connectivity index (χ3n) is 5.30. The number of rotatable bonds is 2. The Labute approximate surface area is 161 Å². The minimum atomic E-state index is -0.138. The van der Waals surface area contributed by atoms with Gasteiger partial charge in [0.15, 0.2) is 0 Å². The van der Waals surface area contributed by atoms with E-state index in [1.54, 1.807) is 0 Å². The van der Waals surface area contributed by atoms with Crippen LogP contribution in [0.3, 0.4) is 0 Å². The van der Waals surface area contributed by atoms with Gasteiger partial charge in [-0.05, 0) is 37.3 Å². The zero-order valence-corrected chi connectivity index (χ0v) is 17.2. The Morgan fingerprint density at radius 3 is 2.27 bits per heavy atom. The van der Waals surface area contributed by atoms with Crippen molar-refractivity contribution in [3.8, 4) is 0 Å². The first-order valence-corrected chi connectivity index (χ1v) is 10.5. The molecule has 142 valence electrons. The van der Waals surface area contributed by atoms with Crippen LogP contribution < -0.4 is 0 Å². The van der Waals surface area contributed by atoms with Gasteiger partial charge in [-0.25, -0.2) is 0 Å². The molecule has 2 saturated heterocycles. The lowest BCUT2D eigenvalue weighted by Crippen LogP contribution is -2.53. The van der Waals surface area contributed by atoms with Gasteiger partial charge in [0.1, 0.15) is 0 Å². The smallest absolute Gasteiger partial charge is 0.254 e. The largest absolute Gasteiger partial charge is 0.342 e. The second-order valence-corrected chi connectivity index (χ2v) is 10.2. The molecule has 2 aliphatic rings. The van der Waals surface area contributed by atoms with Crippen LogP contribution in [0.15, 0.2) is 24.3 Å². The highest BCUT2D eigenvalue weighted by Crippen LogP contribution is 2.44. The third kappa shape index (κ3) is 4.08. The number of carbonyl (C=O) groups is 2. The summed E-state index contributed by atoms with van der Waals surface area (Å²) in [5, 5.41) is 0. The SMILES string of the molecule is Cc1ccc(C(=O)N2CCSC23CCN(C(=O)CC(C)(C)C)CC3)cc1. The molecular formula is C21H30N2O2S. The molecule has 5 heteroatoms. The van der Waals surface area contributed by atoms with Crippen LogP contribution in [0.5, 0.6) is 0 Å². The molecule has 2 amide bonds. The van der Waals surface area contributed by atoms with Crippen molar-refractivity contribution in [1.82, 2.24) is 9.80 Å². The standard InChI is InChI=1S/C21H30N2O2S/c1-16-5-7-17(8-6-16)19(25)23-13-14-26-21(23)9-11-22(12-10-21)18(24)15-20(2,3)4/h5-8H,9-15H2,1-4H3. The molecule has 1 aromatic carbocycles. The first-order chi connectivity index (χ1) is 12.2. The van der Waals surface area contributed by atoms with E-state index in [4.69, 9.17) is 0 Å². The van der Waals surface area contributed by atoms with Crippen LogP contribution >= 0.6 is 11.8 Å². The van der Waals surface area contributed by atoms with Crippen molar-refractivity contribution < 1.29 is 9.59 Å². The summed E-state index contributed by atoms with van der Waals surface area (Å²) in [6, 6.07) is 7.85. The molecular weight excluding hydrogens is 344 g/mol. The first-order valence-electron chi connectivity index (χ1n) is 9.51. The zero-order chi connectivity index (χ0) is 18.9. The van der Waals surface area contributed by atoms with E-state index in [2.05, 4.69) is 25.7 Å². The third-order valence-corrected chi connectivity index (χ3v) is 6.85. The van der Waals surface area contributed by atoms with Gasteiger partial charge < -0.3 is 9.80 Å². The number of hydrogen-bond acceptors (Lipinski definition) is 3. The predicted molar refractivity (Wildman–Crippen MR) is 107 cm³/mol. The summed E-state index contributed by atoms with van der Waals surface area (Å²) in [7, 11) is 0. The molecule has 26 heavy (non-hydrogen) atoms. The minimum Gasteiger partial charge on any atom is -0.342 e. The molecule has 0 N–H and O–H groups in total. The molecule has 4 nitrogen and oxygen atoms in total. The molecule has 0 bridgehead atoms. The number of carbonyl (C=O) groups excluding carboxylic acids is 2. The normalized spacial score (nSPS) is 19.8. The maximum Gasteiger partial charge on any atom is 0.254 e. The number of hydrogen-bond donors (Lipinski definition) is 0. The first kappa shape index (κ1) is 19.3. The summed E-state index contributed by atoms with van der Waals surface area (Å²) in [5.74, 6) is 1.35. The maximum absolute atomic E-state index is 13.1. The number of benzene rings is 1. The highest BCUT2D eigenvalue weighted by Gasteiger charge is 2.47. The van der Waals surface area contributed by atoms with Crippen molar-refractivity contribution in [2.45, 2.75) is 51.8 Å². The van der Waals surface area contributed by atoms with E-state index in [0.29, 0.717) is 6.42 Å². The molecule has 0 unspecified atom stereocenters. The van der Waals surface area contributed by atoms with Gasteiger partial charge in [0, 0.05) is 37.4 Å². The van der Waals surface area contributed by atoms with Gasteiger partial charge in [0.2, 0.25) is 5.91 Å². The second kappa shape index (κ2) is 7.26. The molecule has 1 spiro atoms. The molecule has 0 aliphatic carbocycles. The lowest BCUT2D eigenvalue weighted by atomic mass is 9.91. The van der Waals surface area contributed by atoms with E-state index >= 15 is 0 Å². The summed E-state index contributed by atoms with van der Waals surface area (Å²) in [6.45, 7) is 10.6. The summed E-state index contributed by atoms with van der Waals surface area (Å²) in [6.07, 6.45) is 2.31. The van der Waals surface area contributed by atoms with Crippen molar-refractivity contribution in [3.05, 3.63) is 35.4 Å². The zero-order valence-electron chi connectivity index (χ0n) is 16.4. The van der Waals surface area contributed by atoms with Crippen molar-refractivity contribution in [3.63, 3.8) is 0 Å². The fraction of sp³-hybridized carbons (Fsp3) is 0.619. The maximum atomic E-state index is 13.1. The predicted octanol–water partition coefficient (Wildman–Crippen LogP) is 3.94.